The highest BCUT2D eigenvalue weighted by Gasteiger charge is 2.26. The smallest absolute Gasteiger partial charge is 0.255 e. The maximum Gasteiger partial charge on any atom is 0.255 e. The number of thioether (sulfide) groups is 1. The van der Waals surface area contributed by atoms with Crippen molar-refractivity contribution in [2.45, 2.75) is 37.5 Å². The van der Waals surface area contributed by atoms with Crippen molar-refractivity contribution < 1.29 is 14.6 Å². The van der Waals surface area contributed by atoms with Gasteiger partial charge in [-0.1, -0.05) is 6.92 Å². The van der Waals surface area contributed by atoms with Crippen molar-refractivity contribution in [3.05, 3.63) is 23.8 Å². The second-order valence-corrected chi connectivity index (χ2v) is 6.52. The van der Waals surface area contributed by atoms with Crippen LogP contribution in [0.2, 0.25) is 0 Å². The van der Waals surface area contributed by atoms with Gasteiger partial charge in [-0.2, -0.15) is 11.8 Å². The van der Waals surface area contributed by atoms with Crippen LogP contribution < -0.4 is 10.1 Å². The van der Waals surface area contributed by atoms with Crippen molar-refractivity contribution >= 4 is 17.7 Å². The summed E-state index contributed by atoms with van der Waals surface area (Å²) in [6.45, 7) is 2.16. The lowest BCUT2D eigenvalue weighted by atomic mass is 10.1. The van der Waals surface area contributed by atoms with E-state index in [1.165, 1.54) is 13.2 Å². The molecule has 1 aliphatic rings. The fraction of sp³-hybridized carbons (Fsp3) is 0.533. The molecular formula is C15H21NO3S. The van der Waals surface area contributed by atoms with Crippen molar-refractivity contribution in [2.75, 3.05) is 12.9 Å². The summed E-state index contributed by atoms with van der Waals surface area (Å²) in [6.07, 6.45) is 3.16. The number of phenolic OH excluding ortho intramolecular Hbond substituents is 1. The molecule has 2 unspecified atom stereocenters. The molecule has 1 amide bonds. The second-order valence-electron chi connectivity index (χ2n) is 4.94. The first-order valence-electron chi connectivity index (χ1n) is 6.93. The normalized spacial score (nSPS) is 21.7. The predicted octanol–water partition coefficient (Wildman–Crippen LogP) is 2.80. The van der Waals surface area contributed by atoms with Crippen LogP contribution in [-0.4, -0.2) is 35.2 Å². The number of methoxy groups -OCH3 is 1. The van der Waals surface area contributed by atoms with Crippen LogP contribution >= 0.6 is 11.8 Å². The van der Waals surface area contributed by atoms with E-state index in [-0.39, 0.29) is 23.3 Å². The van der Waals surface area contributed by atoms with Gasteiger partial charge < -0.3 is 15.2 Å². The number of rotatable bonds is 5. The maximum atomic E-state index is 12.2. The van der Waals surface area contributed by atoms with E-state index in [4.69, 9.17) is 4.74 Å². The largest absolute Gasteiger partial charge is 0.507 e. The van der Waals surface area contributed by atoms with E-state index in [1.807, 2.05) is 11.8 Å². The molecule has 20 heavy (non-hydrogen) atoms. The first-order valence-corrected chi connectivity index (χ1v) is 7.98. The van der Waals surface area contributed by atoms with Crippen LogP contribution in [0, 0.1) is 0 Å². The van der Waals surface area contributed by atoms with Gasteiger partial charge in [0.15, 0.2) is 0 Å². The van der Waals surface area contributed by atoms with Crippen LogP contribution in [0.3, 0.4) is 0 Å². The Labute approximate surface area is 123 Å². The van der Waals surface area contributed by atoms with Crippen molar-refractivity contribution in [1.82, 2.24) is 5.32 Å². The number of carbonyl (C=O) groups excluding carboxylic acids is 1. The summed E-state index contributed by atoms with van der Waals surface area (Å²) in [7, 11) is 1.54. The lowest BCUT2D eigenvalue weighted by Crippen LogP contribution is -2.33. The van der Waals surface area contributed by atoms with Gasteiger partial charge in [-0.25, -0.2) is 0 Å². The zero-order valence-corrected chi connectivity index (χ0v) is 12.7. The predicted molar refractivity (Wildman–Crippen MR) is 81.7 cm³/mol. The van der Waals surface area contributed by atoms with E-state index in [0.29, 0.717) is 11.0 Å². The molecule has 1 saturated carbocycles. The summed E-state index contributed by atoms with van der Waals surface area (Å²) in [5, 5.41) is 13.4. The van der Waals surface area contributed by atoms with Crippen LogP contribution in [0.5, 0.6) is 11.5 Å². The lowest BCUT2D eigenvalue weighted by molar-refractivity contribution is 0.0935. The first kappa shape index (κ1) is 15.0. The first-order chi connectivity index (χ1) is 9.63. The number of benzene rings is 1. The highest BCUT2D eigenvalue weighted by atomic mass is 32.2. The maximum absolute atomic E-state index is 12.2. The van der Waals surface area contributed by atoms with E-state index < -0.39 is 0 Å². The topological polar surface area (TPSA) is 58.6 Å². The van der Waals surface area contributed by atoms with E-state index in [9.17, 15) is 9.90 Å². The minimum Gasteiger partial charge on any atom is -0.507 e. The molecule has 2 rings (SSSR count). The molecule has 2 atom stereocenters. The number of hydrogen-bond donors (Lipinski definition) is 2. The molecule has 4 nitrogen and oxygen atoms in total. The van der Waals surface area contributed by atoms with Gasteiger partial charge in [0, 0.05) is 11.3 Å². The summed E-state index contributed by atoms with van der Waals surface area (Å²) in [4.78, 5) is 12.2. The highest BCUT2D eigenvalue weighted by molar-refractivity contribution is 7.99. The Bertz CT molecular complexity index is 478. The Morgan fingerprint density at radius 2 is 2.30 bits per heavy atom. The third kappa shape index (κ3) is 3.60. The summed E-state index contributed by atoms with van der Waals surface area (Å²) >= 11 is 1.95. The Kier molecular flexibility index (Phi) is 5.17. The Balaban J connectivity index is 1.98. The van der Waals surface area contributed by atoms with Crippen LogP contribution in [0.25, 0.3) is 0 Å². The molecule has 0 spiro atoms. The Morgan fingerprint density at radius 1 is 1.50 bits per heavy atom. The summed E-state index contributed by atoms with van der Waals surface area (Å²) in [5.41, 5.74) is 0.274. The third-order valence-corrected chi connectivity index (χ3v) is 4.80. The quantitative estimate of drug-likeness (QED) is 0.877. The van der Waals surface area contributed by atoms with Crippen LogP contribution in [0.1, 0.15) is 36.5 Å². The van der Waals surface area contributed by atoms with E-state index in [0.717, 1.165) is 25.0 Å². The highest BCUT2D eigenvalue weighted by Crippen LogP contribution is 2.30. The van der Waals surface area contributed by atoms with Gasteiger partial charge in [0.2, 0.25) is 0 Å². The molecule has 0 radical (unpaired) electrons. The minimum absolute atomic E-state index is 0.0132. The fourth-order valence-electron chi connectivity index (χ4n) is 2.55. The average molecular weight is 295 g/mol. The van der Waals surface area contributed by atoms with E-state index in [2.05, 4.69) is 12.2 Å². The monoisotopic (exact) mass is 295 g/mol. The molecule has 5 heteroatoms. The number of hydrogen-bond acceptors (Lipinski definition) is 4. The number of nitrogens with one attached hydrogen (secondary N) is 1. The lowest BCUT2D eigenvalue weighted by Gasteiger charge is -2.14. The minimum atomic E-state index is -0.228. The second kappa shape index (κ2) is 6.88. The molecule has 0 bridgehead atoms. The van der Waals surface area contributed by atoms with Gasteiger partial charge in [-0.05, 0) is 43.2 Å². The van der Waals surface area contributed by atoms with Crippen molar-refractivity contribution in [1.29, 1.82) is 0 Å². The summed E-state index contributed by atoms with van der Waals surface area (Å²) in [5.74, 6) is 1.44. The van der Waals surface area contributed by atoms with Gasteiger partial charge in [0.05, 0.1) is 12.7 Å². The molecule has 1 aliphatic carbocycles. The van der Waals surface area contributed by atoms with Crippen molar-refractivity contribution in [3.63, 3.8) is 0 Å². The summed E-state index contributed by atoms with van der Waals surface area (Å²) in [6, 6.07) is 4.89. The molecule has 0 heterocycles. The molecule has 2 N–H and O–H groups in total. The van der Waals surface area contributed by atoms with Gasteiger partial charge in [0.1, 0.15) is 11.5 Å². The van der Waals surface area contributed by atoms with Gasteiger partial charge in [-0.15, -0.1) is 0 Å². The van der Waals surface area contributed by atoms with Gasteiger partial charge in [0.25, 0.3) is 5.91 Å². The van der Waals surface area contributed by atoms with Gasteiger partial charge in [-0.3, -0.25) is 4.79 Å². The molecule has 1 aromatic rings. The SMILES string of the molecule is CCSC1CCC(NC(=O)c2cc(OC)ccc2O)C1. The Hall–Kier alpha value is -1.36. The fourth-order valence-corrected chi connectivity index (χ4v) is 3.69. The zero-order valence-electron chi connectivity index (χ0n) is 11.9. The van der Waals surface area contributed by atoms with E-state index >= 15 is 0 Å². The standard InChI is InChI=1S/C15H21NO3S/c1-3-20-12-6-4-10(8-12)16-15(18)13-9-11(19-2)5-7-14(13)17/h5,7,9-10,12,17H,3-4,6,8H2,1-2H3,(H,16,18). The molecule has 0 aliphatic heterocycles. The summed E-state index contributed by atoms with van der Waals surface area (Å²) < 4.78 is 5.08. The third-order valence-electron chi connectivity index (χ3n) is 3.57. The van der Waals surface area contributed by atoms with E-state index in [1.54, 1.807) is 12.1 Å². The van der Waals surface area contributed by atoms with Crippen LogP contribution in [-0.2, 0) is 0 Å². The molecule has 1 fully saturated rings. The van der Waals surface area contributed by atoms with Crippen molar-refractivity contribution in [3.8, 4) is 11.5 Å². The van der Waals surface area contributed by atoms with Crippen LogP contribution in [0.4, 0.5) is 0 Å². The number of phenols is 1. The average Bonchev–Trinajstić information content (AvgIpc) is 2.87. The molecular weight excluding hydrogens is 274 g/mol. The molecule has 0 saturated heterocycles. The zero-order chi connectivity index (χ0) is 14.5. The number of carbonyl (C=O) groups is 1. The molecule has 0 aromatic heterocycles. The van der Waals surface area contributed by atoms with Crippen molar-refractivity contribution in [2.24, 2.45) is 0 Å². The molecule has 1 aromatic carbocycles. The van der Waals surface area contributed by atoms with Crippen LogP contribution in [0.15, 0.2) is 18.2 Å². The van der Waals surface area contributed by atoms with Gasteiger partial charge >= 0.3 is 0 Å². The number of aromatic hydroxyl groups is 1. The number of amides is 1. The number of ether oxygens (including phenoxy) is 1. The Morgan fingerprint density at radius 3 is 3.00 bits per heavy atom. The molecule has 110 valence electrons.